The van der Waals surface area contributed by atoms with Crippen LogP contribution in [0.1, 0.15) is 32.5 Å². The van der Waals surface area contributed by atoms with Gasteiger partial charge in [0.05, 0.1) is 17.6 Å². The van der Waals surface area contributed by atoms with E-state index in [1.807, 2.05) is 5.32 Å². The van der Waals surface area contributed by atoms with E-state index >= 15 is 0 Å². The molecule has 1 N–H and O–H groups in total. The van der Waals surface area contributed by atoms with Crippen molar-refractivity contribution in [3.8, 4) is 0 Å². The summed E-state index contributed by atoms with van der Waals surface area (Å²) in [4.78, 5) is 48.1. The number of amides is 2. The average molecular weight is 361 g/mol. The Hall–Kier alpha value is -3.00. The third kappa shape index (κ3) is 4.51. The molecule has 1 aromatic carbocycles. The lowest BCUT2D eigenvalue weighted by atomic mass is 10.0. The number of benzene rings is 1. The first-order valence-electron chi connectivity index (χ1n) is 7.21. The topological polar surface area (TPSA) is 98.8 Å². The van der Waals surface area contributed by atoms with Gasteiger partial charge in [0.25, 0.3) is 5.91 Å². The van der Waals surface area contributed by atoms with Gasteiger partial charge in [-0.2, -0.15) is 0 Å². The van der Waals surface area contributed by atoms with Crippen molar-refractivity contribution in [2.24, 2.45) is 0 Å². The molecule has 0 aliphatic carbocycles. The Morgan fingerprint density at radius 2 is 1.72 bits per heavy atom. The molecule has 0 saturated carbocycles. The molecule has 1 aromatic heterocycles. The zero-order valence-corrected chi connectivity index (χ0v) is 14.3. The molecular formula is C17H15NO6S. The maximum Gasteiger partial charge on any atom is 0.413 e. The molecule has 2 rings (SSSR count). The summed E-state index contributed by atoms with van der Waals surface area (Å²) in [7, 11) is 1.10. The van der Waals surface area contributed by atoms with Gasteiger partial charge >= 0.3 is 12.1 Å². The number of carbonyl (C=O) groups is 4. The normalized spacial score (nSPS) is 11.3. The number of nitrogens with one attached hydrogen (secondary N) is 1. The fraction of sp³-hybridized carbons (Fsp3) is 0.176. The summed E-state index contributed by atoms with van der Waals surface area (Å²) in [6.07, 6.45) is -2.20. The van der Waals surface area contributed by atoms with Gasteiger partial charge in [-0.05, 0) is 24.4 Å². The molecule has 1 heterocycles. The van der Waals surface area contributed by atoms with Gasteiger partial charge in [-0.1, -0.05) is 24.3 Å². The Morgan fingerprint density at radius 3 is 2.32 bits per heavy atom. The highest BCUT2D eigenvalue weighted by atomic mass is 32.1. The number of imide groups is 1. The molecule has 0 aliphatic rings. The van der Waals surface area contributed by atoms with Crippen LogP contribution in [0.4, 0.5) is 4.79 Å². The van der Waals surface area contributed by atoms with Crippen molar-refractivity contribution in [1.29, 1.82) is 0 Å². The average Bonchev–Trinajstić information content (AvgIpc) is 3.15. The van der Waals surface area contributed by atoms with Crippen LogP contribution in [0, 0.1) is 0 Å². The smallest absolute Gasteiger partial charge is 0.413 e. The van der Waals surface area contributed by atoms with E-state index in [2.05, 4.69) is 4.74 Å². The largest absolute Gasteiger partial charge is 0.453 e. The van der Waals surface area contributed by atoms with Crippen molar-refractivity contribution >= 4 is 35.1 Å². The number of thiophene rings is 1. The van der Waals surface area contributed by atoms with Crippen LogP contribution in [0.5, 0.6) is 0 Å². The summed E-state index contributed by atoms with van der Waals surface area (Å²) in [5, 5.41) is 3.66. The van der Waals surface area contributed by atoms with Crippen LogP contribution in [0.2, 0.25) is 0 Å². The summed E-state index contributed by atoms with van der Waals surface area (Å²) >= 11 is 1.26. The number of alkyl carbamates (subject to hydrolysis) is 1. The quantitative estimate of drug-likeness (QED) is 0.649. The molecule has 0 radical (unpaired) electrons. The third-order valence-corrected chi connectivity index (χ3v) is 4.07. The monoisotopic (exact) mass is 361 g/mol. The van der Waals surface area contributed by atoms with E-state index in [0.717, 1.165) is 7.11 Å². The lowest BCUT2D eigenvalue weighted by molar-refractivity contribution is -0.128. The van der Waals surface area contributed by atoms with Gasteiger partial charge in [0.15, 0.2) is 6.10 Å². The molecule has 0 spiro atoms. The van der Waals surface area contributed by atoms with E-state index in [-0.39, 0.29) is 16.9 Å². The van der Waals surface area contributed by atoms with Gasteiger partial charge < -0.3 is 9.47 Å². The molecule has 2 aromatic rings. The second kappa shape index (κ2) is 8.20. The number of carbonyl (C=O) groups excluding carboxylic acids is 4. The SMILES string of the molecule is COC(=O)NC(=O)[C@@H](C)OC(=O)c1ccccc1C(=O)c1cccs1. The Labute approximate surface area is 147 Å². The first-order chi connectivity index (χ1) is 11.9. The van der Waals surface area contributed by atoms with E-state index in [9.17, 15) is 19.2 Å². The minimum Gasteiger partial charge on any atom is -0.453 e. The Morgan fingerprint density at radius 1 is 1.04 bits per heavy atom. The van der Waals surface area contributed by atoms with Crippen LogP contribution in [-0.2, 0) is 14.3 Å². The number of methoxy groups -OCH3 is 1. The van der Waals surface area contributed by atoms with Crippen LogP contribution in [0.25, 0.3) is 0 Å². The summed E-state index contributed by atoms with van der Waals surface area (Å²) in [5.41, 5.74) is 0.217. The molecule has 0 saturated heterocycles. The van der Waals surface area contributed by atoms with Crippen LogP contribution in [-0.4, -0.2) is 37.0 Å². The van der Waals surface area contributed by atoms with E-state index in [1.54, 1.807) is 29.6 Å². The van der Waals surface area contributed by atoms with E-state index in [1.165, 1.54) is 30.4 Å². The van der Waals surface area contributed by atoms with E-state index in [0.29, 0.717) is 4.88 Å². The Balaban J connectivity index is 2.16. The maximum atomic E-state index is 12.5. The van der Waals surface area contributed by atoms with Crippen molar-refractivity contribution in [1.82, 2.24) is 5.32 Å². The number of ketones is 1. The molecule has 0 unspecified atom stereocenters. The van der Waals surface area contributed by atoms with Gasteiger partial charge in [0.2, 0.25) is 5.78 Å². The second-order valence-electron chi connectivity index (χ2n) is 4.88. The van der Waals surface area contributed by atoms with Gasteiger partial charge in [-0.25, -0.2) is 9.59 Å². The number of ether oxygens (including phenoxy) is 2. The molecular weight excluding hydrogens is 346 g/mol. The molecule has 8 heteroatoms. The predicted octanol–water partition coefficient (Wildman–Crippen LogP) is 2.41. The molecule has 0 bridgehead atoms. The number of rotatable bonds is 5. The van der Waals surface area contributed by atoms with Crippen molar-refractivity contribution in [2.75, 3.05) is 7.11 Å². The van der Waals surface area contributed by atoms with Crippen LogP contribution in [0.15, 0.2) is 41.8 Å². The summed E-state index contributed by atoms with van der Waals surface area (Å²) in [6.45, 7) is 1.31. The fourth-order valence-electron chi connectivity index (χ4n) is 1.93. The fourth-order valence-corrected chi connectivity index (χ4v) is 2.61. The van der Waals surface area contributed by atoms with E-state index < -0.39 is 24.1 Å². The summed E-state index contributed by atoms with van der Waals surface area (Å²) in [6, 6.07) is 9.55. The molecule has 25 heavy (non-hydrogen) atoms. The molecule has 1 atom stereocenters. The lowest BCUT2D eigenvalue weighted by Crippen LogP contribution is -2.39. The van der Waals surface area contributed by atoms with Crippen molar-refractivity contribution in [2.45, 2.75) is 13.0 Å². The van der Waals surface area contributed by atoms with Gasteiger partial charge in [-0.15, -0.1) is 11.3 Å². The highest BCUT2D eigenvalue weighted by Crippen LogP contribution is 2.19. The summed E-state index contributed by atoms with van der Waals surface area (Å²) < 4.78 is 9.34. The standard InChI is InChI=1S/C17H15NO6S/c1-10(15(20)18-17(22)23-2)24-16(21)12-7-4-3-6-11(12)14(19)13-8-5-9-25-13/h3-10H,1-2H3,(H,18,20,22)/t10-/m1/s1. The van der Waals surface area contributed by atoms with Crippen LogP contribution >= 0.6 is 11.3 Å². The first kappa shape index (κ1) is 18.3. The van der Waals surface area contributed by atoms with Crippen LogP contribution in [0.3, 0.4) is 0 Å². The van der Waals surface area contributed by atoms with Gasteiger partial charge in [-0.3, -0.25) is 14.9 Å². The van der Waals surface area contributed by atoms with Gasteiger partial charge in [0, 0.05) is 5.56 Å². The number of esters is 1. The molecule has 2 amide bonds. The minimum atomic E-state index is -1.24. The lowest BCUT2D eigenvalue weighted by Gasteiger charge is -2.13. The Bertz CT molecular complexity index is 799. The van der Waals surface area contributed by atoms with Crippen molar-refractivity contribution in [3.05, 3.63) is 57.8 Å². The van der Waals surface area contributed by atoms with Gasteiger partial charge in [0.1, 0.15) is 0 Å². The van der Waals surface area contributed by atoms with Crippen LogP contribution < -0.4 is 5.32 Å². The number of hydrogen-bond acceptors (Lipinski definition) is 7. The minimum absolute atomic E-state index is 0.0404. The highest BCUT2D eigenvalue weighted by molar-refractivity contribution is 7.12. The highest BCUT2D eigenvalue weighted by Gasteiger charge is 2.24. The molecule has 130 valence electrons. The predicted molar refractivity (Wildman–Crippen MR) is 89.6 cm³/mol. The Kier molecular flexibility index (Phi) is 6.02. The number of hydrogen-bond donors (Lipinski definition) is 1. The maximum absolute atomic E-state index is 12.5. The summed E-state index contributed by atoms with van der Waals surface area (Å²) in [5.74, 6) is -1.98. The van der Waals surface area contributed by atoms with Crippen molar-refractivity contribution in [3.63, 3.8) is 0 Å². The molecule has 0 aliphatic heterocycles. The molecule has 0 fully saturated rings. The molecule has 7 nitrogen and oxygen atoms in total. The third-order valence-electron chi connectivity index (χ3n) is 3.20. The van der Waals surface area contributed by atoms with Crippen molar-refractivity contribution < 1.29 is 28.7 Å². The zero-order valence-electron chi connectivity index (χ0n) is 13.5. The zero-order chi connectivity index (χ0) is 18.4. The van der Waals surface area contributed by atoms with E-state index in [4.69, 9.17) is 4.74 Å². The first-order valence-corrected chi connectivity index (χ1v) is 8.09. The second-order valence-corrected chi connectivity index (χ2v) is 5.83.